The van der Waals surface area contributed by atoms with Gasteiger partial charge in [-0.15, -0.1) is 0 Å². The largest absolute Gasteiger partial charge is 0.524 e. The van der Waals surface area contributed by atoms with Crippen molar-refractivity contribution in [2.45, 2.75) is 110 Å². The molecule has 0 bridgehead atoms. The number of aryl methyl sites for hydroxylation is 3. The summed E-state index contributed by atoms with van der Waals surface area (Å²) in [6, 6.07) is 36.6. The van der Waals surface area contributed by atoms with Crippen LogP contribution in [0, 0.1) is 0 Å². The van der Waals surface area contributed by atoms with Gasteiger partial charge in [-0.05, 0) is 176 Å². The van der Waals surface area contributed by atoms with Crippen molar-refractivity contribution in [2.75, 3.05) is 0 Å². The summed E-state index contributed by atoms with van der Waals surface area (Å²) in [4.78, 5) is 41.9. The van der Waals surface area contributed by atoms with Crippen LogP contribution >= 0.6 is 45.6 Å². The average Bonchev–Trinajstić information content (AvgIpc) is 3.25. The van der Waals surface area contributed by atoms with Crippen molar-refractivity contribution < 1.29 is 39.6 Å². The van der Waals surface area contributed by atoms with Gasteiger partial charge in [0.2, 0.25) is 0 Å². The van der Waals surface area contributed by atoms with Crippen LogP contribution in [0.4, 0.5) is 13.2 Å². The highest BCUT2D eigenvalue weighted by Crippen LogP contribution is 2.71. The Morgan fingerprint density at radius 2 is 0.714 bits per heavy atom. The average molecular weight is 947 g/mol. The van der Waals surface area contributed by atoms with Crippen LogP contribution in [0.25, 0.3) is 0 Å². The molecule has 0 aliphatic carbocycles. The smallest absolute Gasteiger partial charge is 0.295 e. The van der Waals surface area contributed by atoms with E-state index in [-0.39, 0.29) is 32.0 Å². The number of halogens is 3. The van der Waals surface area contributed by atoms with Gasteiger partial charge >= 0.3 is 15.6 Å². The Kier molecular flexibility index (Phi) is 15.3. The van der Waals surface area contributed by atoms with E-state index in [9.17, 15) is 36.0 Å². The van der Waals surface area contributed by atoms with E-state index >= 15 is 0 Å². The number of ketones is 3. The zero-order valence-electron chi connectivity index (χ0n) is 35.4. The molecule has 0 unspecified atom stereocenters. The highest BCUT2D eigenvalue weighted by Gasteiger charge is 2.52. The molecule has 0 spiro atoms. The minimum absolute atomic E-state index is 0.0398. The maximum atomic E-state index is 14.5. The molecule has 0 aliphatic rings. The zero-order valence-corrected chi connectivity index (χ0v) is 39.5. The van der Waals surface area contributed by atoms with Gasteiger partial charge in [-0.2, -0.15) is 25.2 Å². The van der Waals surface area contributed by atoms with Crippen molar-refractivity contribution in [1.82, 2.24) is 0 Å². The summed E-state index contributed by atoms with van der Waals surface area (Å²) in [5.74, 6) is -0.119. The molecule has 328 valence electrons. The molecule has 0 saturated heterocycles. The zero-order chi connectivity index (χ0) is 45.7. The summed E-state index contributed by atoms with van der Waals surface area (Å²) < 4.78 is 75.7. The summed E-state index contributed by atoms with van der Waals surface area (Å²) in [6.07, 6.45) is 1.93. The minimum Gasteiger partial charge on any atom is -0.295 e. The van der Waals surface area contributed by atoms with Gasteiger partial charge in [0.1, 0.15) is 0 Å². The molecule has 0 fully saturated rings. The third kappa shape index (κ3) is 10.9. The van der Waals surface area contributed by atoms with E-state index in [1.165, 1.54) is 56.1 Å². The summed E-state index contributed by atoms with van der Waals surface area (Å²) in [5, 5.41) is 0. The first kappa shape index (κ1) is 47.9. The van der Waals surface area contributed by atoms with Crippen LogP contribution in [0.5, 0.6) is 0 Å². The van der Waals surface area contributed by atoms with Gasteiger partial charge in [0, 0.05) is 60.7 Å². The molecule has 6 rings (SSSR count). The molecule has 63 heavy (non-hydrogen) atoms. The third-order valence-electron chi connectivity index (χ3n) is 10.2. The SMILES string of the molecule is CCc1cc(Sc2ccc(S(OS(=O)(=O)C(F)(F)F)(c3ccc(Sc4ccc(C(C)=O)c(CC)c4)cc3)c3ccc(Sc4ccc(C(C)=O)c(CC)c4)cc3)cc2)ccc1C(C)=O. The van der Waals surface area contributed by atoms with Crippen LogP contribution in [0.3, 0.4) is 0 Å². The van der Waals surface area contributed by atoms with Crippen molar-refractivity contribution in [3.05, 3.63) is 161 Å². The lowest BCUT2D eigenvalue weighted by Crippen LogP contribution is -2.27. The quantitative estimate of drug-likeness (QED) is 0.0654. The molecule has 0 atom stereocenters. The lowest BCUT2D eigenvalue weighted by Gasteiger charge is -2.39. The van der Waals surface area contributed by atoms with Gasteiger partial charge in [-0.25, -0.2) is 0 Å². The first-order chi connectivity index (χ1) is 29.9. The Morgan fingerprint density at radius 3 is 0.937 bits per heavy atom. The maximum Gasteiger partial charge on any atom is 0.524 e. The van der Waals surface area contributed by atoms with Crippen LogP contribution in [-0.2, 0) is 33.0 Å². The van der Waals surface area contributed by atoms with Gasteiger partial charge < -0.3 is 0 Å². The van der Waals surface area contributed by atoms with Crippen LogP contribution in [-0.4, -0.2) is 31.3 Å². The first-order valence-electron chi connectivity index (χ1n) is 20.0. The van der Waals surface area contributed by atoms with E-state index in [2.05, 4.69) is 0 Å². The predicted molar refractivity (Wildman–Crippen MR) is 248 cm³/mol. The van der Waals surface area contributed by atoms with Crippen molar-refractivity contribution in [3.8, 4) is 0 Å². The molecule has 0 aliphatic heterocycles. The van der Waals surface area contributed by atoms with E-state index in [1.54, 1.807) is 91.0 Å². The van der Waals surface area contributed by atoms with Gasteiger partial charge in [-0.1, -0.05) is 74.3 Å². The fourth-order valence-electron chi connectivity index (χ4n) is 7.01. The Bertz CT molecular complexity index is 2500. The number of carbonyl (C=O) groups is 3. The van der Waals surface area contributed by atoms with Gasteiger partial charge in [0.25, 0.3) is 0 Å². The Morgan fingerprint density at radius 1 is 0.460 bits per heavy atom. The molecule has 0 amide bonds. The summed E-state index contributed by atoms with van der Waals surface area (Å²) >= 11 is 4.19. The number of hydrogen-bond acceptors (Lipinski definition) is 9. The second-order valence-corrected chi connectivity index (χ2v) is 22.3. The highest BCUT2D eigenvalue weighted by molar-refractivity contribution is 8.33. The van der Waals surface area contributed by atoms with Crippen molar-refractivity contribution in [2.24, 2.45) is 0 Å². The molecule has 6 aromatic rings. The molecule has 6 aromatic carbocycles. The lowest BCUT2D eigenvalue weighted by molar-refractivity contribution is -0.0496. The fourth-order valence-corrected chi connectivity index (χ4v) is 14.4. The summed E-state index contributed by atoms with van der Waals surface area (Å²) in [6.45, 7) is 10.4. The fraction of sp³-hybridized carbons (Fsp3) is 0.204. The lowest BCUT2D eigenvalue weighted by atomic mass is 10.0. The van der Waals surface area contributed by atoms with E-state index in [0.717, 1.165) is 46.1 Å². The van der Waals surface area contributed by atoms with E-state index < -0.39 is 25.9 Å². The number of hydrogen-bond donors (Lipinski definition) is 0. The molecular formula is C49H45F3O6S5. The predicted octanol–water partition coefficient (Wildman–Crippen LogP) is 14.5. The number of benzene rings is 6. The highest BCUT2D eigenvalue weighted by atomic mass is 32.3. The van der Waals surface area contributed by atoms with Gasteiger partial charge in [-0.3, -0.25) is 14.4 Å². The van der Waals surface area contributed by atoms with Gasteiger partial charge in [0.05, 0.1) is 0 Å². The molecule has 6 nitrogen and oxygen atoms in total. The monoisotopic (exact) mass is 946 g/mol. The molecule has 14 heteroatoms. The molecule has 0 N–H and O–H groups in total. The van der Waals surface area contributed by atoms with Crippen LogP contribution in [0.2, 0.25) is 0 Å². The molecule has 0 saturated carbocycles. The minimum atomic E-state index is -6.19. The van der Waals surface area contributed by atoms with Crippen molar-refractivity contribution >= 4 is 73.1 Å². The Balaban J connectivity index is 1.47. The number of rotatable bonds is 17. The summed E-state index contributed by atoms with van der Waals surface area (Å²) in [5.41, 5.74) is -1.17. The summed E-state index contributed by atoms with van der Waals surface area (Å²) in [7, 11) is -9.86. The van der Waals surface area contributed by atoms with E-state index in [0.29, 0.717) is 36.0 Å². The number of Topliss-reactive ketones (excluding diaryl/α,β-unsaturated/α-hetero) is 3. The topological polar surface area (TPSA) is 94.6 Å². The second kappa shape index (κ2) is 20.1. The van der Waals surface area contributed by atoms with Gasteiger partial charge in [0.15, 0.2) is 17.3 Å². The standard InChI is InChI=1S/C49H45F3O6S5/c1-7-34-28-40(16-25-46(34)31(4)53)59-37-10-19-43(20-11-37)62(58-63(56,57)49(50,51)52,44-21-12-38(13-22-44)60-41-17-26-47(32(5)54)35(8-2)29-41)45-23-14-39(15-24-45)61-42-18-27-48(33(6)55)36(9-3)30-42/h10-30H,7-9H2,1-6H3. The molecular weight excluding hydrogens is 902 g/mol. The van der Waals surface area contributed by atoms with Crippen molar-refractivity contribution in [1.29, 1.82) is 0 Å². The Hall–Kier alpha value is -4.57. The molecule has 0 radical (unpaired) electrons. The Labute approximate surface area is 381 Å². The van der Waals surface area contributed by atoms with Crippen LogP contribution in [0.1, 0.15) is 89.3 Å². The molecule has 0 aromatic heterocycles. The van der Waals surface area contributed by atoms with Crippen LogP contribution in [0.15, 0.2) is 171 Å². The molecule has 0 heterocycles. The number of alkyl halides is 3. The van der Waals surface area contributed by atoms with Crippen molar-refractivity contribution in [3.63, 3.8) is 0 Å². The van der Waals surface area contributed by atoms with E-state index in [4.69, 9.17) is 3.63 Å². The third-order valence-corrected chi connectivity index (χ3v) is 18.1. The second-order valence-electron chi connectivity index (χ2n) is 14.4. The first-order valence-corrected chi connectivity index (χ1v) is 25.4. The maximum absolute atomic E-state index is 14.5. The number of carbonyl (C=O) groups excluding carboxylic acids is 3. The normalized spacial score (nSPS) is 12.3. The van der Waals surface area contributed by atoms with Crippen LogP contribution < -0.4 is 0 Å². The van der Waals surface area contributed by atoms with E-state index in [1.807, 2.05) is 57.2 Å².